The number of carbonyl (C=O) groups is 2. The van der Waals surface area contributed by atoms with Crippen molar-refractivity contribution in [1.29, 1.82) is 0 Å². The van der Waals surface area contributed by atoms with Crippen molar-refractivity contribution in [1.82, 2.24) is 20.1 Å². The summed E-state index contributed by atoms with van der Waals surface area (Å²) < 4.78 is 14.4. The molecule has 1 aromatic heterocycles. The van der Waals surface area contributed by atoms with Crippen molar-refractivity contribution in [3.05, 3.63) is 35.9 Å². The standard InChI is InChI=1S/C15H17FN4O3/c1-15(2,14(22)23)18-12(21)8-11-17-13(19-20(11)3)9-4-6-10(16)7-5-9/h4-7H,8H2,1-3H3,(H,18,21)(H,22,23). The number of nitrogens with one attached hydrogen (secondary N) is 1. The van der Waals surface area contributed by atoms with E-state index >= 15 is 0 Å². The number of hydrogen-bond acceptors (Lipinski definition) is 4. The molecule has 0 radical (unpaired) electrons. The van der Waals surface area contributed by atoms with Gasteiger partial charge in [-0.15, -0.1) is 0 Å². The Kier molecular flexibility index (Phi) is 4.44. The monoisotopic (exact) mass is 320 g/mol. The first-order chi connectivity index (χ1) is 10.7. The molecular formula is C15H17FN4O3. The number of aliphatic carboxylic acids is 1. The first kappa shape index (κ1) is 16.6. The molecular weight excluding hydrogens is 303 g/mol. The van der Waals surface area contributed by atoms with E-state index in [2.05, 4.69) is 15.4 Å². The van der Waals surface area contributed by atoms with E-state index in [4.69, 9.17) is 5.11 Å². The number of carbonyl (C=O) groups excluding carboxylic acids is 1. The van der Waals surface area contributed by atoms with Crippen LogP contribution in [0.1, 0.15) is 19.7 Å². The van der Waals surface area contributed by atoms with Crippen LogP contribution in [0.4, 0.5) is 4.39 Å². The van der Waals surface area contributed by atoms with Gasteiger partial charge in [-0.1, -0.05) is 0 Å². The van der Waals surface area contributed by atoms with Gasteiger partial charge in [0.1, 0.15) is 17.2 Å². The van der Waals surface area contributed by atoms with Crippen molar-refractivity contribution in [2.75, 3.05) is 0 Å². The zero-order chi connectivity index (χ0) is 17.2. The molecule has 0 saturated carbocycles. The molecule has 7 nitrogen and oxygen atoms in total. The Morgan fingerprint density at radius 2 is 1.91 bits per heavy atom. The highest BCUT2D eigenvalue weighted by atomic mass is 19.1. The molecule has 0 aliphatic carbocycles. The first-order valence-electron chi connectivity index (χ1n) is 6.89. The van der Waals surface area contributed by atoms with Gasteiger partial charge in [0, 0.05) is 12.6 Å². The lowest BCUT2D eigenvalue weighted by Crippen LogP contribution is -2.50. The fourth-order valence-electron chi connectivity index (χ4n) is 1.88. The average molecular weight is 320 g/mol. The van der Waals surface area contributed by atoms with Gasteiger partial charge in [0.05, 0.1) is 6.42 Å². The Bertz CT molecular complexity index is 738. The van der Waals surface area contributed by atoms with Gasteiger partial charge < -0.3 is 10.4 Å². The number of benzene rings is 1. The Hall–Kier alpha value is -2.77. The van der Waals surface area contributed by atoms with Crippen molar-refractivity contribution in [2.24, 2.45) is 7.05 Å². The number of halogens is 1. The summed E-state index contributed by atoms with van der Waals surface area (Å²) in [7, 11) is 1.63. The number of aromatic nitrogens is 3. The van der Waals surface area contributed by atoms with Crippen LogP contribution in [0, 0.1) is 5.82 Å². The topological polar surface area (TPSA) is 97.1 Å². The lowest BCUT2D eigenvalue weighted by molar-refractivity contribution is -0.145. The molecule has 1 amide bonds. The third-order valence-corrected chi connectivity index (χ3v) is 3.26. The van der Waals surface area contributed by atoms with Crippen LogP contribution in [0.2, 0.25) is 0 Å². The number of carboxylic acid groups (broad SMARTS) is 1. The van der Waals surface area contributed by atoms with Crippen molar-refractivity contribution >= 4 is 11.9 Å². The summed E-state index contributed by atoms with van der Waals surface area (Å²) in [4.78, 5) is 27.2. The molecule has 122 valence electrons. The van der Waals surface area contributed by atoms with E-state index in [-0.39, 0.29) is 12.2 Å². The summed E-state index contributed by atoms with van der Waals surface area (Å²) >= 11 is 0. The van der Waals surface area contributed by atoms with E-state index in [1.807, 2.05) is 0 Å². The quantitative estimate of drug-likeness (QED) is 0.861. The second kappa shape index (κ2) is 6.15. The smallest absolute Gasteiger partial charge is 0.328 e. The van der Waals surface area contributed by atoms with Crippen LogP contribution in [-0.4, -0.2) is 37.3 Å². The predicted octanol–water partition coefficient (Wildman–Crippen LogP) is 1.14. The SMILES string of the molecule is Cn1nc(-c2ccc(F)cc2)nc1CC(=O)NC(C)(C)C(=O)O. The molecule has 0 unspecified atom stereocenters. The van der Waals surface area contributed by atoms with E-state index in [0.29, 0.717) is 17.2 Å². The molecule has 1 heterocycles. The molecule has 0 fully saturated rings. The van der Waals surface area contributed by atoms with Gasteiger partial charge in [-0.2, -0.15) is 5.10 Å². The molecule has 2 N–H and O–H groups in total. The lowest BCUT2D eigenvalue weighted by atomic mass is 10.1. The van der Waals surface area contributed by atoms with Crippen LogP contribution in [0.3, 0.4) is 0 Å². The zero-order valence-corrected chi connectivity index (χ0v) is 13.0. The molecule has 0 bridgehead atoms. The summed E-state index contributed by atoms with van der Waals surface area (Å²) in [5, 5.41) is 15.6. The van der Waals surface area contributed by atoms with E-state index in [1.165, 1.54) is 30.7 Å². The fourth-order valence-corrected chi connectivity index (χ4v) is 1.88. The van der Waals surface area contributed by atoms with Gasteiger partial charge in [-0.05, 0) is 38.1 Å². The minimum atomic E-state index is -1.37. The van der Waals surface area contributed by atoms with Crippen LogP contribution in [0.5, 0.6) is 0 Å². The number of hydrogen-bond donors (Lipinski definition) is 2. The molecule has 2 aromatic rings. The van der Waals surface area contributed by atoms with Gasteiger partial charge in [0.15, 0.2) is 5.82 Å². The maximum Gasteiger partial charge on any atom is 0.328 e. The fraction of sp³-hybridized carbons (Fsp3) is 0.333. The number of rotatable bonds is 5. The molecule has 0 aliphatic rings. The van der Waals surface area contributed by atoms with E-state index in [9.17, 15) is 14.0 Å². The first-order valence-corrected chi connectivity index (χ1v) is 6.89. The third kappa shape index (κ3) is 3.91. The molecule has 0 atom stereocenters. The normalized spacial score (nSPS) is 11.3. The molecule has 23 heavy (non-hydrogen) atoms. The molecule has 0 aliphatic heterocycles. The van der Waals surface area contributed by atoms with Gasteiger partial charge in [0.2, 0.25) is 5.91 Å². The van der Waals surface area contributed by atoms with Crippen LogP contribution < -0.4 is 5.32 Å². The highest BCUT2D eigenvalue weighted by molar-refractivity contribution is 5.87. The molecule has 1 aromatic carbocycles. The molecule has 8 heteroatoms. The van der Waals surface area contributed by atoms with Crippen LogP contribution >= 0.6 is 0 Å². The predicted molar refractivity (Wildman–Crippen MR) is 80.0 cm³/mol. The van der Waals surface area contributed by atoms with E-state index in [0.717, 1.165) is 0 Å². The minimum absolute atomic E-state index is 0.110. The Morgan fingerprint density at radius 3 is 2.48 bits per heavy atom. The summed E-state index contributed by atoms with van der Waals surface area (Å²) in [6.45, 7) is 2.79. The molecule has 2 rings (SSSR count). The number of aryl methyl sites for hydroxylation is 1. The van der Waals surface area contributed by atoms with E-state index < -0.39 is 17.4 Å². The Balaban J connectivity index is 2.14. The second-order valence-electron chi connectivity index (χ2n) is 5.64. The van der Waals surface area contributed by atoms with Gasteiger partial charge in [-0.3, -0.25) is 9.48 Å². The van der Waals surface area contributed by atoms with Crippen LogP contribution in [0.25, 0.3) is 11.4 Å². The summed E-state index contributed by atoms with van der Waals surface area (Å²) in [6.07, 6.45) is -0.110. The maximum atomic E-state index is 12.9. The molecule has 0 spiro atoms. The summed E-state index contributed by atoms with van der Waals surface area (Å²) in [6, 6.07) is 5.69. The van der Waals surface area contributed by atoms with Crippen molar-refractivity contribution in [3.8, 4) is 11.4 Å². The summed E-state index contributed by atoms with van der Waals surface area (Å²) in [5.74, 6) is -1.22. The summed E-state index contributed by atoms with van der Waals surface area (Å²) in [5.41, 5.74) is -0.741. The Morgan fingerprint density at radius 1 is 1.30 bits per heavy atom. The van der Waals surface area contributed by atoms with Crippen LogP contribution in [-0.2, 0) is 23.1 Å². The highest BCUT2D eigenvalue weighted by Crippen LogP contribution is 2.16. The number of amides is 1. The van der Waals surface area contributed by atoms with E-state index in [1.54, 1.807) is 19.2 Å². The third-order valence-electron chi connectivity index (χ3n) is 3.26. The van der Waals surface area contributed by atoms with Gasteiger partial charge >= 0.3 is 5.97 Å². The average Bonchev–Trinajstić information content (AvgIpc) is 2.80. The van der Waals surface area contributed by atoms with Gasteiger partial charge in [0.25, 0.3) is 0 Å². The van der Waals surface area contributed by atoms with Crippen molar-refractivity contribution < 1.29 is 19.1 Å². The Labute approximate surface area is 132 Å². The number of nitrogens with zero attached hydrogens (tertiary/aromatic N) is 3. The van der Waals surface area contributed by atoms with Gasteiger partial charge in [-0.25, -0.2) is 14.2 Å². The second-order valence-corrected chi connectivity index (χ2v) is 5.64. The number of carboxylic acids is 1. The van der Waals surface area contributed by atoms with Crippen molar-refractivity contribution in [3.63, 3.8) is 0 Å². The largest absolute Gasteiger partial charge is 0.480 e. The highest BCUT2D eigenvalue weighted by Gasteiger charge is 2.29. The minimum Gasteiger partial charge on any atom is -0.480 e. The molecule has 0 saturated heterocycles. The maximum absolute atomic E-state index is 12.9. The lowest BCUT2D eigenvalue weighted by Gasteiger charge is -2.20. The van der Waals surface area contributed by atoms with Crippen LogP contribution in [0.15, 0.2) is 24.3 Å². The van der Waals surface area contributed by atoms with Crippen molar-refractivity contribution in [2.45, 2.75) is 25.8 Å². The zero-order valence-electron chi connectivity index (χ0n) is 13.0.